The van der Waals surface area contributed by atoms with Crippen molar-refractivity contribution in [2.24, 2.45) is 0 Å². The molecular formula is C22H37Br. The first-order valence-corrected chi connectivity index (χ1v) is 10.7. The predicted molar refractivity (Wildman–Crippen MR) is 109 cm³/mol. The summed E-state index contributed by atoms with van der Waals surface area (Å²) in [6.07, 6.45) is 16.5. The molecule has 0 nitrogen and oxygen atoms in total. The van der Waals surface area contributed by atoms with Gasteiger partial charge in [0.05, 0.1) is 0 Å². The minimum atomic E-state index is 0.127. The number of benzene rings is 1. The van der Waals surface area contributed by atoms with Crippen LogP contribution in [-0.4, -0.2) is 0 Å². The van der Waals surface area contributed by atoms with Gasteiger partial charge in [0.15, 0.2) is 0 Å². The largest absolute Gasteiger partial charge is 0.0804 e. The molecule has 23 heavy (non-hydrogen) atoms. The molecule has 1 unspecified atom stereocenters. The second-order valence-corrected chi connectivity index (χ2v) is 8.89. The molecular weight excluding hydrogens is 344 g/mol. The second kappa shape index (κ2) is 12.1. The number of aryl methyl sites for hydroxylation is 1. The first kappa shape index (κ1) is 20.7. The molecule has 0 N–H and O–H groups in total. The van der Waals surface area contributed by atoms with Gasteiger partial charge in [-0.2, -0.15) is 0 Å². The van der Waals surface area contributed by atoms with Crippen LogP contribution in [0.3, 0.4) is 0 Å². The van der Waals surface area contributed by atoms with Crippen LogP contribution in [0.2, 0.25) is 0 Å². The van der Waals surface area contributed by atoms with E-state index in [0.717, 1.165) is 6.42 Å². The van der Waals surface area contributed by atoms with Gasteiger partial charge < -0.3 is 0 Å². The molecule has 1 rings (SSSR count). The van der Waals surface area contributed by atoms with Gasteiger partial charge in [0.25, 0.3) is 0 Å². The van der Waals surface area contributed by atoms with Gasteiger partial charge in [-0.15, -0.1) is 0 Å². The standard InChI is InChI=1S/C22H37Br/c1-4-6-7-8-9-10-11-12-13-14-17-20-18-15-16-19-21(20)22(3,23)5-2/h15-16,18-19H,4-14,17H2,1-3H3. The van der Waals surface area contributed by atoms with Crippen LogP contribution >= 0.6 is 15.9 Å². The average Bonchev–Trinajstić information content (AvgIpc) is 2.57. The maximum atomic E-state index is 3.91. The summed E-state index contributed by atoms with van der Waals surface area (Å²) in [4.78, 5) is 0. The summed E-state index contributed by atoms with van der Waals surface area (Å²) in [5.74, 6) is 0. The molecule has 0 amide bonds. The molecule has 1 heteroatoms. The molecule has 1 atom stereocenters. The Morgan fingerprint density at radius 1 is 0.783 bits per heavy atom. The summed E-state index contributed by atoms with van der Waals surface area (Å²) in [5, 5.41) is 0. The van der Waals surface area contributed by atoms with E-state index in [-0.39, 0.29) is 4.32 Å². The molecule has 0 spiro atoms. The fourth-order valence-electron chi connectivity index (χ4n) is 3.24. The van der Waals surface area contributed by atoms with Crippen molar-refractivity contribution in [1.29, 1.82) is 0 Å². The van der Waals surface area contributed by atoms with Crippen LogP contribution in [0.25, 0.3) is 0 Å². The second-order valence-electron chi connectivity index (χ2n) is 7.14. The highest BCUT2D eigenvalue weighted by molar-refractivity contribution is 9.09. The normalized spacial score (nSPS) is 13.9. The third kappa shape index (κ3) is 8.38. The van der Waals surface area contributed by atoms with Crippen molar-refractivity contribution in [2.45, 2.75) is 102 Å². The molecule has 0 radical (unpaired) electrons. The molecule has 0 aromatic heterocycles. The molecule has 0 fully saturated rings. The first-order valence-electron chi connectivity index (χ1n) is 9.89. The quantitative estimate of drug-likeness (QED) is 0.239. The van der Waals surface area contributed by atoms with Crippen molar-refractivity contribution < 1.29 is 0 Å². The Kier molecular flexibility index (Phi) is 10.9. The van der Waals surface area contributed by atoms with Crippen LogP contribution in [0, 0.1) is 0 Å². The zero-order valence-corrected chi connectivity index (χ0v) is 17.3. The Labute approximate surface area is 153 Å². The number of halogens is 1. The highest BCUT2D eigenvalue weighted by Gasteiger charge is 2.22. The summed E-state index contributed by atoms with van der Waals surface area (Å²) in [5.41, 5.74) is 3.02. The van der Waals surface area contributed by atoms with Crippen molar-refractivity contribution in [1.82, 2.24) is 0 Å². The van der Waals surface area contributed by atoms with Gasteiger partial charge in [-0.3, -0.25) is 0 Å². The van der Waals surface area contributed by atoms with Crippen molar-refractivity contribution >= 4 is 15.9 Å². The van der Waals surface area contributed by atoms with E-state index < -0.39 is 0 Å². The monoisotopic (exact) mass is 380 g/mol. The van der Waals surface area contributed by atoms with Gasteiger partial charge in [-0.1, -0.05) is 112 Å². The van der Waals surface area contributed by atoms with Crippen LogP contribution in [0.5, 0.6) is 0 Å². The molecule has 1 aromatic rings. The third-order valence-corrected chi connectivity index (χ3v) is 6.03. The van der Waals surface area contributed by atoms with Crippen molar-refractivity contribution in [2.75, 3.05) is 0 Å². The molecule has 1 aromatic carbocycles. The number of rotatable bonds is 13. The fraction of sp³-hybridized carbons (Fsp3) is 0.727. The van der Waals surface area contributed by atoms with Crippen molar-refractivity contribution in [3.63, 3.8) is 0 Å². The highest BCUT2D eigenvalue weighted by Crippen LogP contribution is 2.36. The van der Waals surface area contributed by atoms with E-state index in [0.29, 0.717) is 0 Å². The van der Waals surface area contributed by atoms with Gasteiger partial charge in [0.2, 0.25) is 0 Å². The number of hydrogen-bond acceptors (Lipinski definition) is 0. The highest BCUT2D eigenvalue weighted by atomic mass is 79.9. The van der Waals surface area contributed by atoms with Gasteiger partial charge in [0.1, 0.15) is 0 Å². The zero-order chi connectivity index (χ0) is 17.0. The van der Waals surface area contributed by atoms with Crippen LogP contribution in [0.1, 0.15) is 103 Å². The van der Waals surface area contributed by atoms with E-state index in [1.54, 1.807) is 0 Å². The summed E-state index contributed by atoms with van der Waals surface area (Å²) in [7, 11) is 0. The summed E-state index contributed by atoms with van der Waals surface area (Å²) < 4.78 is 0.127. The summed E-state index contributed by atoms with van der Waals surface area (Å²) in [6.45, 7) is 6.84. The summed E-state index contributed by atoms with van der Waals surface area (Å²) in [6, 6.07) is 8.97. The van der Waals surface area contributed by atoms with E-state index >= 15 is 0 Å². The Balaban J connectivity index is 2.19. The molecule has 0 aliphatic heterocycles. The Bertz CT molecular complexity index is 408. The predicted octanol–water partition coefficient (Wildman–Crippen LogP) is 8.17. The SMILES string of the molecule is CCCCCCCCCCCCc1ccccc1C(C)(Br)CC. The van der Waals surface area contributed by atoms with Crippen LogP contribution < -0.4 is 0 Å². The molecule has 0 heterocycles. The van der Waals surface area contributed by atoms with E-state index in [1.165, 1.54) is 81.8 Å². The van der Waals surface area contributed by atoms with E-state index in [9.17, 15) is 0 Å². The smallest absolute Gasteiger partial charge is 0.0478 e. The van der Waals surface area contributed by atoms with Crippen LogP contribution in [-0.2, 0) is 10.7 Å². The van der Waals surface area contributed by atoms with Crippen molar-refractivity contribution in [3.05, 3.63) is 35.4 Å². The minimum Gasteiger partial charge on any atom is -0.0804 e. The molecule has 0 aliphatic carbocycles. The van der Waals surface area contributed by atoms with Gasteiger partial charge >= 0.3 is 0 Å². The Morgan fingerprint density at radius 3 is 1.87 bits per heavy atom. The van der Waals surface area contributed by atoms with Crippen LogP contribution in [0.15, 0.2) is 24.3 Å². The van der Waals surface area contributed by atoms with Gasteiger partial charge in [-0.05, 0) is 37.3 Å². The molecule has 0 saturated heterocycles. The minimum absolute atomic E-state index is 0.127. The lowest BCUT2D eigenvalue weighted by atomic mass is 9.91. The zero-order valence-electron chi connectivity index (χ0n) is 15.7. The maximum absolute atomic E-state index is 3.91. The maximum Gasteiger partial charge on any atom is 0.0478 e. The van der Waals surface area contributed by atoms with Gasteiger partial charge in [0, 0.05) is 4.32 Å². The summed E-state index contributed by atoms with van der Waals surface area (Å²) >= 11 is 3.91. The molecule has 132 valence electrons. The molecule has 0 saturated carbocycles. The number of hydrogen-bond donors (Lipinski definition) is 0. The first-order chi connectivity index (χ1) is 11.1. The van der Waals surface area contributed by atoms with E-state index in [2.05, 4.69) is 61.0 Å². The number of alkyl halides is 1. The third-order valence-electron chi connectivity index (χ3n) is 5.04. The molecule has 0 aliphatic rings. The average molecular weight is 381 g/mol. The molecule has 0 bridgehead atoms. The van der Waals surface area contributed by atoms with Crippen LogP contribution in [0.4, 0.5) is 0 Å². The topological polar surface area (TPSA) is 0 Å². The lowest BCUT2D eigenvalue weighted by Gasteiger charge is -2.24. The lowest BCUT2D eigenvalue weighted by molar-refractivity contribution is 0.555. The number of unbranched alkanes of at least 4 members (excludes halogenated alkanes) is 9. The Morgan fingerprint density at radius 2 is 1.30 bits per heavy atom. The van der Waals surface area contributed by atoms with E-state index in [4.69, 9.17) is 0 Å². The van der Waals surface area contributed by atoms with E-state index in [1.807, 2.05) is 0 Å². The Hall–Kier alpha value is -0.300. The fourth-order valence-corrected chi connectivity index (χ4v) is 3.63. The lowest BCUT2D eigenvalue weighted by Crippen LogP contribution is -2.14. The van der Waals surface area contributed by atoms with Crippen molar-refractivity contribution in [3.8, 4) is 0 Å². The van der Waals surface area contributed by atoms with Gasteiger partial charge in [-0.25, -0.2) is 0 Å².